The fourth-order valence-corrected chi connectivity index (χ4v) is 3.62. The maximum Gasteiger partial charge on any atom is 0.129 e. The smallest absolute Gasteiger partial charge is 0.129 e. The highest BCUT2D eigenvalue weighted by atomic mass is 35.5. The summed E-state index contributed by atoms with van der Waals surface area (Å²) in [4.78, 5) is 7.69. The number of H-pyrrole nitrogens is 1. The van der Waals surface area contributed by atoms with Crippen LogP contribution in [0.2, 0.25) is 10.2 Å². The van der Waals surface area contributed by atoms with Crippen LogP contribution < -0.4 is 10.6 Å². The molecule has 0 fully saturated rings. The largest absolute Gasteiger partial charge is 0.391 e. The maximum atomic E-state index is 6.25. The summed E-state index contributed by atoms with van der Waals surface area (Å²) in [6, 6.07) is 13.9. The lowest BCUT2D eigenvalue weighted by atomic mass is 10.0. The van der Waals surface area contributed by atoms with Crippen molar-refractivity contribution in [2.24, 2.45) is 0 Å². The Balaban J connectivity index is 1.78. The number of rotatable bonds is 6. The van der Waals surface area contributed by atoms with E-state index in [-0.39, 0.29) is 0 Å². The van der Waals surface area contributed by atoms with Crippen LogP contribution in [-0.2, 0) is 6.42 Å². The Bertz CT molecular complexity index is 1150. The number of fused-ring (bicyclic) bond motifs is 3. The fourth-order valence-electron chi connectivity index (χ4n) is 3.34. The summed E-state index contributed by atoms with van der Waals surface area (Å²) >= 11 is 12.1. The van der Waals surface area contributed by atoms with E-state index in [1.807, 2.05) is 43.5 Å². The molecule has 6 heteroatoms. The quantitative estimate of drug-likeness (QED) is 0.253. The van der Waals surface area contributed by atoms with Crippen LogP contribution in [0.1, 0.15) is 12.5 Å². The number of nitrogens with zero attached hydrogens (tertiary/aromatic N) is 1. The Hall–Kier alpha value is -2.69. The van der Waals surface area contributed by atoms with Crippen molar-refractivity contribution in [2.75, 3.05) is 11.9 Å². The highest BCUT2D eigenvalue weighted by Crippen LogP contribution is 2.33. The Labute approximate surface area is 173 Å². The summed E-state index contributed by atoms with van der Waals surface area (Å²) < 4.78 is 0. The molecule has 142 valence electrons. The minimum atomic E-state index is 0.475. The summed E-state index contributed by atoms with van der Waals surface area (Å²) in [5.74, 6) is 0. The minimum Gasteiger partial charge on any atom is -0.391 e. The molecule has 0 spiro atoms. The summed E-state index contributed by atoms with van der Waals surface area (Å²) in [6.45, 7) is 2.85. The molecule has 3 N–H and O–H groups in total. The minimum absolute atomic E-state index is 0.475. The van der Waals surface area contributed by atoms with Gasteiger partial charge < -0.3 is 15.6 Å². The van der Waals surface area contributed by atoms with Gasteiger partial charge in [-0.3, -0.25) is 0 Å². The molecule has 0 aliphatic rings. The van der Waals surface area contributed by atoms with Crippen LogP contribution in [0.4, 0.5) is 11.4 Å². The summed E-state index contributed by atoms with van der Waals surface area (Å²) in [6.07, 6.45) is 6.57. The van der Waals surface area contributed by atoms with Gasteiger partial charge in [0.2, 0.25) is 0 Å². The van der Waals surface area contributed by atoms with Gasteiger partial charge in [-0.1, -0.05) is 29.3 Å². The Morgan fingerprint density at radius 3 is 2.71 bits per heavy atom. The number of hydrogen-bond acceptors (Lipinski definition) is 3. The number of allylic oxidation sites excluding steroid dienone is 1. The third-order valence-electron chi connectivity index (χ3n) is 4.59. The van der Waals surface area contributed by atoms with Crippen LogP contribution in [0.3, 0.4) is 0 Å². The monoisotopic (exact) mass is 410 g/mol. The molecule has 0 amide bonds. The normalized spacial score (nSPS) is 11.5. The number of aromatic nitrogens is 2. The van der Waals surface area contributed by atoms with E-state index in [9.17, 15) is 0 Å². The lowest BCUT2D eigenvalue weighted by Crippen LogP contribution is -2.10. The zero-order chi connectivity index (χ0) is 19.5. The van der Waals surface area contributed by atoms with Crippen molar-refractivity contribution in [1.82, 2.24) is 15.3 Å². The topological polar surface area (TPSA) is 52.7 Å². The van der Waals surface area contributed by atoms with Gasteiger partial charge in [0.1, 0.15) is 5.15 Å². The molecule has 2 aromatic heterocycles. The van der Waals surface area contributed by atoms with Gasteiger partial charge in [0, 0.05) is 39.1 Å². The van der Waals surface area contributed by atoms with E-state index in [1.165, 1.54) is 5.56 Å². The maximum absolute atomic E-state index is 6.25. The van der Waals surface area contributed by atoms with Gasteiger partial charge in [-0.15, -0.1) is 0 Å². The Kier molecular flexibility index (Phi) is 5.42. The molecule has 0 saturated carbocycles. The number of benzene rings is 2. The lowest BCUT2D eigenvalue weighted by Gasteiger charge is -2.11. The van der Waals surface area contributed by atoms with E-state index >= 15 is 0 Å². The zero-order valence-corrected chi connectivity index (χ0v) is 16.9. The van der Waals surface area contributed by atoms with Gasteiger partial charge in [-0.2, -0.15) is 0 Å². The molecular weight excluding hydrogens is 391 g/mol. The molecule has 4 aromatic rings. The van der Waals surface area contributed by atoms with Gasteiger partial charge in [0.15, 0.2) is 0 Å². The van der Waals surface area contributed by atoms with Crippen molar-refractivity contribution in [3.63, 3.8) is 0 Å². The first-order valence-corrected chi connectivity index (χ1v) is 9.86. The second kappa shape index (κ2) is 8.13. The number of pyridine rings is 1. The van der Waals surface area contributed by atoms with Crippen LogP contribution in [0.5, 0.6) is 0 Å². The van der Waals surface area contributed by atoms with Crippen LogP contribution >= 0.6 is 23.2 Å². The molecule has 0 atom stereocenters. The highest BCUT2D eigenvalue weighted by molar-refractivity contribution is 6.32. The Morgan fingerprint density at radius 1 is 1.04 bits per heavy atom. The average Bonchev–Trinajstić information content (AvgIpc) is 3.05. The third kappa shape index (κ3) is 3.93. The fraction of sp³-hybridized carbons (Fsp3) is 0.136. The predicted octanol–water partition coefficient (Wildman–Crippen LogP) is 6.43. The molecule has 0 radical (unpaired) electrons. The second-order valence-electron chi connectivity index (χ2n) is 6.57. The number of anilines is 2. The van der Waals surface area contributed by atoms with Gasteiger partial charge in [-0.25, -0.2) is 4.98 Å². The van der Waals surface area contributed by atoms with E-state index in [0.29, 0.717) is 5.15 Å². The van der Waals surface area contributed by atoms with Crippen LogP contribution in [-0.4, -0.2) is 16.5 Å². The standard InChI is InChI=1S/C22H20Cl2N4/c1-2-8-25-9-7-14-10-17(27-16-4-6-21(24)26-13-16)12-19-18-11-15(23)3-5-20(18)28-22(14)19/h2-6,8,10-13,25,27-28H,7,9H2,1H3/b8-2-. The molecule has 4 rings (SSSR count). The van der Waals surface area contributed by atoms with E-state index in [0.717, 1.165) is 51.2 Å². The van der Waals surface area contributed by atoms with Crippen LogP contribution in [0.25, 0.3) is 21.8 Å². The van der Waals surface area contributed by atoms with Crippen molar-refractivity contribution in [1.29, 1.82) is 0 Å². The molecule has 4 nitrogen and oxygen atoms in total. The average molecular weight is 411 g/mol. The van der Waals surface area contributed by atoms with E-state index in [1.54, 1.807) is 12.3 Å². The molecule has 0 aliphatic heterocycles. The van der Waals surface area contributed by atoms with E-state index < -0.39 is 0 Å². The number of aromatic amines is 1. The van der Waals surface area contributed by atoms with Gasteiger partial charge in [-0.05, 0) is 67.6 Å². The zero-order valence-electron chi connectivity index (χ0n) is 15.4. The predicted molar refractivity (Wildman–Crippen MR) is 120 cm³/mol. The molecular formula is C22H20Cl2N4. The first kappa shape index (κ1) is 18.7. The second-order valence-corrected chi connectivity index (χ2v) is 7.40. The van der Waals surface area contributed by atoms with E-state index in [4.69, 9.17) is 23.2 Å². The first-order valence-electron chi connectivity index (χ1n) is 9.11. The van der Waals surface area contributed by atoms with Gasteiger partial charge in [0.05, 0.1) is 11.9 Å². The third-order valence-corrected chi connectivity index (χ3v) is 5.05. The van der Waals surface area contributed by atoms with Crippen LogP contribution in [0.15, 0.2) is 60.9 Å². The number of halogens is 2. The highest BCUT2D eigenvalue weighted by Gasteiger charge is 2.11. The summed E-state index contributed by atoms with van der Waals surface area (Å²) in [7, 11) is 0. The molecule has 0 unspecified atom stereocenters. The molecule has 2 aromatic carbocycles. The molecule has 0 aliphatic carbocycles. The molecule has 28 heavy (non-hydrogen) atoms. The lowest BCUT2D eigenvalue weighted by molar-refractivity contribution is 0.834. The van der Waals surface area contributed by atoms with Crippen molar-refractivity contribution in [3.8, 4) is 0 Å². The molecule has 0 bridgehead atoms. The molecule has 2 heterocycles. The number of nitrogens with one attached hydrogen (secondary N) is 3. The SMILES string of the molecule is C/C=C\NCCc1cc(Nc2ccc(Cl)nc2)cc2c1[nH]c1ccc(Cl)cc12. The van der Waals surface area contributed by atoms with Crippen molar-refractivity contribution >= 4 is 56.4 Å². The molecule has 0 saturated heterocycles. The van der Waals surface area contributed by atoms with Crippen molar-refractivity contribution in [3.05, 3.63) is 76.7 Å². The Morgan fingerprint density at radius 2 is 1.93 bits per heavy atom. The van der Waals surface area contributed by atoms with Crippen LogP contribution in [0, 0.1) is 0 Å². The summed E-state index contributed by atoms with van der Waals surface area (Å²) in [5, 5.41) is 10.2. The van der Waals surface area contributed by atoms with Gasteiger partial charge >= 0.3 is 0 Å². The van der Waals surface area contributed by atoms with Crippen molar-refractivity contribution < 1.29 is 0 Å². The summed E-state index contributed by atoms with van der Waals surface area (Å²) in [5.41, 5.74) is 5.33. The number of hydrogen-bond donors (Lipinski definition) is 3. The van der Waals surface area contributed by atoms with Gasteiger partial charge in [0.25, 0.3) is 0 Å². The van der Waals surface area contributed by atoms with Crippen molar-refractivity contribution in [2.45, 2.75) is 13.3 Å². The van der Waals surface area contributed by atoms with E-state index in [2.05, 4.69) is 32.7 Å². The first-order chi connectivity index (χ1) is 13.6.